The molecule has 1 amide bonds. The van der Waals surface area contributed by atoms with E-state index in [1.165, 1.54) is 19.1 Å². The lowest BCUT2D eigenvalue weighted by Gasteiger charge is -2.25. The molecule has 0 fully saturated rings. The number of benzene rings is 1. The number of amides is 1. The molecule has 98 valence electrons. The summed E-state index contributed by atoms with van der Waals surface area (Å²) < 4.78 is 3.54. The maximum Gasteiger partial charge on any atom is 0.246 e. The second kappa shape index (κ2) is 6.27. The molecule has 7 heteroatoms. The number of aldehydes is 1. The van der Waals surface area contributed by atoms with Crippen LogP contribution in [0.5, 0.6) is 5.75 Å². The highest BCUT2D eigenvalue weighted by Crippen LogP contribution is 2.31. The number of rotatable bonds is 4. The van der Waals surface area contributed by atoms with Crippen molar-refractivity contribution in [1.29, 1.82) is 0 Å². The van der Waals surface area contributed by atoms with Gasteiger partial charge in [0.05, 0.1) is 0 Å². The third kappa shape index (κ3) is 4.72. The van der Waals surface area contributed by atoms with Crippen molar-refractivity contribution in [2.45, 2.75) is 16.9 Å². The number of alkyl halides is 3. The molecule has 1 N–H and O–H groups in total. The lowest BCUT2D eigenvalue weighted by atomic mass is 10.2. The van der Waals surface area contributed by atoms with Gasteiger partial charge in [-0.1, -0.05) is 34.8 Å². The quantitative estimate of drug-likeness (QED) is 0.528. The second-order valence-electron chi connectivity index (χ2n) is 3.43. The van der Waals surface area contributed by atoms with Crippen LogP contribution in [0.3, 0.4) is 0 Å². The number of hydrogen-bond donors (Lipinski definition) is 1. The molecule has 0 aromatic heterocycles. The van der Waals surface area contributed by atoms with Gasteiger partial charge in [0.1, 0.15) is 12.0 Å². The summed E-state index contributed by atoms with van der Waals surface area (Å²) in [5.41, 5.74) is 0.493. The van der Waals surface area contributed by atoms with Gasteiger partial charge in [0, 0.05) is 12.5 Å². The van der Waals surface area contributed by atoms with Crippen molar-refractivity contribution in [3.05, 3.63) is 29.8 Å². The summed E-state index contributed by atoms with van der Waals surface area (Å²) in [6, 6.07) is 6.17. The van der Waals surface area contributed by atoms with Gasteiger partial charge in [0.2, 0.25) is 15.9 Å². The topological polar surface area (TPSA) is 55.4 Å². The van der Waals surface area contributed by atoms with Gasteiger partial charge in [-0.3, -0.25) is 9.59 Å². The van der Waals surface area contributed by atoms with E-state index in [4.69, 9.17) is 39.5 Å². The summed E-state index contributed by atoms with van der Waals surface area (Å²) in [6.45, 7) is 1.28. The van der Waals surface area contributed by atoms with E-state index in [0.717, 1.165) is 0 Å². The maximum absolute atomic E-state index is 11.0. The Balaban J connectivity index is 2.82. The Morgan fingerprint density at radius 2 is 1.89 bits per heavy atom. The van der Waals surface area contributed by atoms with Crippen LogP contribution in [-0.2, 0) is 4.79 Å². The summed E-state index contributed by atoms with van der Waals surface area (Å²) in [4.78, 5) is 21.5. The van der Waals surface area contributed by atoms with Crippen LogP contribution >= 0.6 is 34.8 Å². The molecule has 4 nitrogen and oxygen atoms in total. The normalized spacial score (nSPS) is 12.7. The summed E-state index contributed by atoms with van der Waals surface area (Å²) in [7, 11) is 0. The van der Waals surface area contributed by atoms with Crippen molar-refractivity contribution in [2.75, 3.05) is 0 Å². The van der Waals surface area contributed by atoms with Gasteiger partial charge in [0.15, 0.2) is 0 Å². The van der Waals surface area contributed by atoms with E-state index in [1.807, 2.05) is 0 Å². The summed E-state index contributed by atoms with van der Waals surface area (Å²) in [5, 5.41) is 2.37. The lowest BCUT2D eigenvalue weighted by molar-refractivity contribution is -0.121. The largest absolute Gasteiger partial charge is 0.466 e. The predicted molar refractivity (Wildman–Crippen MR) is 70.4 cm³/mol. The van der Waals surface area contributed by atoms with Crippen molar-refractivity contribution in [1.82, 2.24) is 5.32 Å². The Morgan fingerprint density at radius 1 is 1.33 bits per heavy atom. The Kier molecular flexibility index (Phi) is 5.26. The second-order valence-corrected chi connectivity index (χ2v) is 5.80. The van der Waals surface area contributed by atoms with Crippen molar-refractivity contribution in [3.63, 3.8) is 0 Å². The minimum absolute atomic E-state index is 0.366. The van der Waals surface area contributed by atoms with Crippen LogP contribution in [-0.4, -0.2) is 22.2 Å². The van der Waals surface area contributed by atoms with E-state index in [-0.39, 0.29) is 0 Å². The first-order valence-electron chi connectivity index (χ1n) is 4.88. The third-order valence-electron chi connectivity index (χ3n) is 1.90. The van der Waals surface area contributed by atoms with Gasteiger partial charge in [-0.25, -0.2) is 0 Å². The Bertz CT molecular complexity index is 428. The molecule has 0 aliphatic carbocycles. The Hall–Kier alpha value is -0.970. The van der Waals surface area contributed by atoms with E-state index in [9.17, 15) is 9.59 Å². The van der Waals surface area contributed by atoms with Crippen molar-refractivity contribution < 1.29 is 14.3 Å². The number of hydrogen-bond acceptors (Lipinski definition) is 3. The Labute approximate surface area is 119 Å². The van der Waals surface area contributed by atoms with Crippen LogP contribution in [0.2, 0.25) is 0 Å². The number of carbonyl (C=O) groups excluding carboxylic acids is 2. The number of carbonyl (C=O) groups is 2. The molecule has 1 rings (SSSR count). The number of halogens is 3. The van der Waals surface area contributed by atoms with E-state index in [2.05, 4.69) is 5.32 Å². The van der Waals surface area contributed by atoms with Crippen molar-refractivity contribution in [2.24, 2.45) is 0 Å². The fourth-order valence-corrected chi connectivity index (χ4v) is 1.42. The summed E-state index contributed by atoms with van der Waals surface area (Å²) in [5.74, 6) is -0.0264. The fourth-order valence-electron chi connectivity index (χ4n) is 1.12. The first-order valence-corrected chi connectivity index (χ1v) is 6.02. The molecule has 0 saturated heterocycles. The molecule has 0 spiro atoms. The first kappa shape index (κ1) is 15.1. The zero-order chi connectivity index (χ0) is 13.8. The van der Waals surface area contributed by atoms with Crippen molar-refractivity contribution in [3.8, 4) is 5.75 Å². The highest BCUT2D eigenvalue weighted by atomic mass is 35.6. The molecule has 0 saturated carbocycles. The van der Waals surface area contributed by atoms with Gasteiger partial charge < -0.3 is 10.1 Å². The summed E-state index contributed by atoms with van der Waals surface area (Å²) >= 11 is 17.1. The van der Waals surface area contributed by atoms with Crippen LogP contribution in [0, 0.1) is 0 Å². The van der Waals surface area contributed by atoms with E-state index < -0.39 is 15.9 Å². The molecule has 1 aromatic rings. The molecule has 0 unspecified atom stereocenters. The highest BCUT2D eigenvalue weighted by molar-refractivity contribution is 6.68. The zero-order valence-electron chi connectivity index (χ0n) is 9.32. The molecule has 0 aliphatic rings. The van der Waals surface area contributed by atoms with Gasteiger partial charge >= 0.3 is 0 Å². The molecule has 0 bridgehead atoms. The molecule has 0 radical (unpaired) electrons. The van der Waals surface area contributed by atoms with Crippen LogP contribution in [0.1, 0.15) is 17.3 Å². The molecule has 0 heterocycles. The summed E-state index contributed by atoms with van der Waals surface area (Å²) in [6.07, 6.45) is -0.425. The molecular weight excluding hydrogens is 300 g/mol. The van der Waals surface area contributed by atoms with Gasteiger partial charge in [-0.15, -0.1) is 0 Å². The van der Waals surface area contributed by atoms with Crippen LogP contribution in [0.25, 0.3) is 0 Å². The predicted octanol–water partition coefficient (Wildman–Crippen LogP) is 2.71. The third-order valence-corrected chi connectivity index (χ3v) is 2.50. The smallest absolute Gasteiger partial charge is 0.246 e. The van der Waals surface area contributed by atoms with Crippen LogP contribution in [0.15, 0.2) is 24.3 Å². The SMILES string of the molecule is CC(=O)N[C@@H](Oc1ccc(C=O)cc1)C(Cl)(Cl)Cl. The van der Waals surface area contributed by atoms with Crippen LogP contribution in [0.4, 0.5) is 0 Å². The number of nitrogens with one attached hydrogen (secondary N) is 1. The Morgan fingerprint density at radius 3 is 2.28 bits per heavy atom. The van der Waals surface area contributed by atoms with E-state index >= 15 is 0 Å². The maximum atomic E-state index is 11.0. The standard InChI is InChI=1S/C11H10Cl3NO3/c1-7(17)15-10(11(12,13)14)18-9-4-2-8(6-16)3-5-9/h2-6,10H,1H3,(H,15,17)/t10-/m0/s1. The zero-order valence-corrected chi connectivity index (χ0v) is 11.6. The lowest BCUT2D eigenvalue weighted by Crippen LogP contribution is -2.47. The molecular formula is C11H10Cl3NO3. The van der Waals surface area contributed by atoms with Gasteiger partial charge in [-0.2, -0.15) is 0 Å². The fraction of sp³-hybridized carbons (Fsp3) is 0.273. The average molecular weight is 311 g/mol. The monoisotopic (exact) mass is 309 g/mol. The molecule has 1 aromatic carbocycles. The number of ether oxygens (including phenoxy) is 1. The molecule has 18 heavy (non-hydrogen) atoms. The average Bonchev–Trinajstić information content (AvgIpc) is 2.27. The van der Waals surface area contributed by atoms with Gasteiger partial charge in [0.25, 0.3) is 0 Å². The highest BCUT2D eigenvalue weighted by Gasteiger charge is 2.35. The minimum Gasteiger partial charge on any atom is -0.466 e. The minimum atomic E-state index is -1.81. The van der Waals surface area contributed by atoms with Gasteiger partial charge in [-0.05, 0) is 24.3 Å². The van der Waals surface area contributed by atoms with E-state index in [0.29, 0.717) is 17.6 Å². The van der Waals surface area contributed by atoms with E-state index in [1.54, 1.807) is 12.1 Å². The first-order chi connectivity index (χ1) is 8.32. The van der Waals surface area contributed by atoms with Crippen LogP contribution < -0.4 is 10.1 Å². The molecule has 1 atom stereocenters. The molecule has 0 aliphatic heterocycles. The van der Waals surface area contributed by atoms with Crippen molar-refractivity contribution >= 4 is 47.0 Å².